The fraction of sp³-hybridized carbons (Fsp3) is 0.267. The molecule has 0 aromatic carbocycles. The van der Waals surface area contributed by atoms with Crippen LogP contribution in [0.25, 0.3) is 10.7 Å². The SMILES string of the molecule is CC(NC(C)c1nc(-c2cccs2)no1)c1ccncc1. The molecule has 3 rings (SSSR count). The Kier molecular flexibility index (Phi) is 4.08. The van der Waals surface area contributed by atoms with Crippen molar-refractivity contribution in [2.24, 2.45) is 0 Å². The Morgan fingerprint density at radius 3 is 2.67 bits per heavy atom. The number of hydrogen-bond donors (Lipinski definition) is 1. The largest absolute Gasteiger partial charge is 0.337 e. The van der Waals surface area contributed by atoms with Crippen LogP contribution in [0.2, 0.25) is 0 Å². The van der Waals surface area contributed by atoms with Gasteiger partial charge in [0.1, 0.15) is 0 Å². The molecular formula is C15H16N4OS. The Labute approximate surface area is 127 Å². The molecule has 3 aromatic heterocycles. The van der Waals surface area contributed by atoms with Crippen LogP contribution in [-0.4, -0.2) is 15.1 Å². The minimum atomic E-state index is -0.0191. The summed E-state index contributed by atoms with van der Waals surface area (Å²) < 4.78 is 5.36. The third kappa shape index (κ3) is 3.17. The van der Waals surface area contributed by atoms with E-state index >= 15 is 0 Å². The van der Waals surface area contributed by atoms with E-state index in [4.69, 9.17) is 4.52 Å². The molecular weight excluding hydrogens is 284 g/mol. The molecule has 1 N–H and O–H groups in total. The Morgan fingerprint density at radius 1 is 1.14 bits per heavy atom. The summed E-state index contributed by atoms with van der Waals surface area (Å²) in [4.78, 5) is 9.50. The Hall–Kier alpha value is -2.05. The van der Waals surface area contributed by atoms with E-state index in [1.165, 1.54) is 5.56 Å². The summed E-state index contributed by atoms with van der Waals surface area (Å²) in [7, 11) is 0. The maximum absolute atomic E-state index is 5.36. The summed E-state index contributed by atoms with van der Waals surface area (Å²) in [6.45, 7) is 4.12. The lowest BCUT2D eigenvalue weighted by molar-refractivity contribution is 0.328. The van der Waals surface area contributed by atoms with Crippen LogP contribution in [0, 0.1) is 0 Å². The zero-order chi connectivity index (χ0) is 14.7. The molecule has 0 saturated heterocycles. The fourth-order valence-corrected chi connectivity index (χ4v) is 2.76. The van der Waals surface area contributed by atoms with Gasteiger partial charge >= 0.3 is 0 Å². The smallest absolute Gasteiger partial charge is 0.243 e. The first-order chi connectivity index (χ1) is 10.2. The van der Waals surface area contributed by atoms with Gasteiger partial charge in [0, 0.05) is 18.4 Å². The maximum atomic E-state index is 5.36. The molecule has 0 bridgehead atoms. The highest BCUT2D eigenvalue weighted by molar-refractivity contribution is 7.13. The maximum Gasteiger partial charge on any atom is 0.243 e. The van der Waals surface area contributed by atoms with Gasteiger partial charge in [-0.05, 0) is 43.0 Å². The molecule has 21 heavy (non-hydrogen) atoms. The number of thiophene rings is 1. The van der Waals surface area contributed by atoms with Crippen molar-refractivity contribution >= 4 is 11.3 Å². The standard InChI is InChI=1S/C15H16N4OS/c1-10(12-5-7-16-8-6-12)17-11(2)15-18-14(19-20-15)13-4-3-9-21-13/h3-11,17H,1-2H3. The summed E-state index contributed by atoms with van der Waals surface area (Å²) in [5, 5.41) is 9.48. The highest BCUT2D eigenvalue weighted by atomic mass is 32.1. The summed E-state index contributed by atoms with van der Waals surface area (Å²) >= 11 is 1.60. The summed E-state index contributed by atoms with van der Waals surface area (Å²) in [5.41, 5.74) is 1.18. The van der Waals surface area contributed by atoms with Gasteiger partial charge in [-0.3, -0.25) is 10.3 Å². The minimum absolute atomic E-state index is 0.0191. The predicted octanol–water partition coefficient (Wildman–Crippen LogP) is 3.60. The third-order valence-electron chi connectivity index (χ3n) is 3.26. The summed E-state index contributed by atoms with van der Waals surface area (Å²) in [6, 6.07) is 8.11. The average Bonchev–Trinajstić information content (AvgIpc) is 3.19. The number of hydrogen-bond acceptors (Lipinski definition) is 6. The first-order valence-electron chi connectivity index (χ1n) is 6.77. The molecule has 0 fully saturated rings. The molecule has 2 atom stereocenters. The molecule has 6 heteroatoms. The van der Waals surface area contributed by atoms with Crippen molar-refractivity contribution in [2.75, 3.05) is 0 Å². The lowest BCUT2D eigenvalue weighted by atomic mass is 10.1. The second kappa shape index (κ2) is 6.15. The van der Waals surface area contributed by atoms with Crippen LogP contribution in [0.1, 0.15) is 37.4 Å². The normalized spacial score (nSPS) is 14.0. The van der Waals surface area contributed by atoms with Gasteiger partial charge in [-0.2, -0.15) is 4.98 Å². The molecule has 108 valence electrons. The van der Waals surface area contributed by atoms with Crippen LogP contribution >= 0.6 is 11.3 Å². The van der Waals surface area contributed by atoms with Gasteiger partial charge in [0.15, 0.2) is 0 Å². The molecule has 5 nitrogen and oxygen atoms in total. The van der Waals surface area contributed by atoms with Gasteiger partial charge < -0.3 is 4.52 Å². The van der Waals surface area contributed by atoms with Gasteiger partial charge in [-0.1, -0.05) is 11.2 Å². The van der Waals surface area contributed by atoms with Gasteiger partial charge in [0.05, 0.1) is 10.9 Å². The van der Waals surface area contributed by atoms with Crippen LogP contribution < -0.4 is 5.32 Å². The van der Waals surface area contributed by atoms with E-state index in [2.05, 4.69) is 27.4 Å². The highest BCUT2D eigenvalue weighted by Gasteiger charge is 2.18. The van der Waals surface area contributed by atoms with E-state index in [0.29, 0.717) is 11.7 Å². The molecule has 0 aliphatic rings. The van der Waals surface area contributed by atoms with Crippen molar-refractivity contribution in [1.82, 2.24) is 20.4 Å². The monoisotopic (exact) mass is 300 g/mol. The van der Waals surface area contributed by atoms with E-state index in [9.17, 15) is 0 Å². The first-order valence-corrected chi connectivity index (χ1v) is 7.65. The topological polar surface area (TPSA) is 63.8 Å². The number of aromatic nitrogens is 3. The van der Waals surface area contributed by atoms with E-state index in [-0.39, 0.29) is 12.1 Å². The number of pyridine rings is 1. The van der Waals surface area contributed by atoms with Crippen molar-refractivity contribution in [3.63, 3.8) is 0 Å². The molecule has 0 aliphatic carbocycles. The third-order valence-corrected chi connectivity index (χ3v) is 4.13. The van der Waals surface area contributed by atoms with Crippen LogP contribution in [0.4, 0.5) is 0 Å². The average molecular weight is 300 g/mol. The Morgan fingerprint density at radius 2 is 1.95 bits per heavy atom. The molecule has 0 aliphatic heterocycles. The van der Waals surface area contributed by atoms with Crippen LogP contribution in [-0.2, 0) is 0 Å². The second-order valence-corrected chi connectivity index (χ2v) is 5.77. The zero-order valence-corrected chi connectivity index (χ0v) is 12.7. The first kappa shape index (κ1) is 13.9. The lowest BCUT2D eigenvalue weighted by Crippen LogP contribution is -2.22. The van der Waals surface area contributed by atoms with Crippen molar-refractivity contribution in [3.05, 3.63) is 53.5 Å². The summed E-state index contributed by atoms with van der Waals surface area (Å²) in [5.74, 6) is 1.24. The van der Waals surface area contributed by atoms with Crippen molar-refractivity contribution in [3.8, 4) is 10.7 Å². The fourth-order valence-electron chi connectivity index (χ4n) is 2.11. The van der Waals surface area contributed by atoms with Crippen LogP contribution in [0.15, 0.2) is 46.6 Å². The number of rotatable bonds is 5. The molecule has 3 heterocycles. The van der Waals surface area contributed by atoms with Crippen molar-refractivity contribution < 1.29 is 4.52 Å². The van der Waals surface area contributed by atoms with Crippen LogP contribution in [0.5, 0.6) is 0 Å². The molecule has 0 saturated carbocycles. The number of nitrogens with one attached hydrogen (secondary N) is 1. The Bertz CT molecular complexity index is 681. The highest BCUT2D eigenvalue weighted by Crippen LogP contribution is 2.24. The second-order valence-electron chi connectivity index (χ2n) is 4.82. The van der Waals surface area contributed by atoms with Crippen molar-refractivity contribution in [2.45, 2.75) is 25.9 Å². The number of nitrogens with zero attached hydrogens (tertiary/aromatic N) is 3. The van der Waals surface area contributed by atoms with E-state index in [0.717, 1.165) is 4.88 Å². The van der Waals surface area contributed by atoms with E-state index in [1.807, 2.05) is 36.6 Å². The van der Waals surface area contributed by atoms with Gasteiger partial charge in [0.25, 0.3) is 0 Å². The van der Waals surface area contributed by atoms with Gasteiger partial charge in [-0.25, -0.2) is 0 Å². The molecule has 0 spiro atoms. The molecule has 0 radical (unpaired) electrons. The quantitative estimate of drug-likeness (QED) is 0.780. The molecule has 0 amide bonds. The lowest BCUT2D eigenvalue weighted by Gasteiger charge is -2.17. The van der Waals surface area contributed by atoms with Gasteiger partial charge in [0.2, 0.25) is 11.7 Å². The molecule has 2 unspecified atom stereocenters. The summed E-state index contributed by atoms with van der Waals surface area (Å²) in [6.07, 6.45) is 3.58. The van der Waals surface area contributed by atoms with Crippen molar-refractivity contribution in [1.29, 1.82) is 0 Å². The Balaban J connectivity index is 1.70. The van der Waals surface area contributed by atoms with Crippen LogP contribution in [0.3, 0.4) is 0 Å². The predicted molar refractivity (Wildman–Crippen MR) is 81.8 cm³/mol. The zero-order valence-electron chi connectivity index (χ0n) is 11.9. The molecule has 3 aromatic rings. The van der Waals surface area contributed by atoms with Gasteiger partial charge in [-0.15, -0.1) is 11.3 Å². The van der Waals surface area contributed by atoms with E-state index < -0.39 is 0 Å². The van der Waals surface area contributed by atoms with E-state index in [1.54, 1.807) is 23.7 Å². The minimum Gasteiger partial charge on any atom is -0.337 e.